The summed E-state index contributed by atoms with van der Waals surface area (Å²) in [7, 11) is 0. The highest BCUT2D eigenvalue weighted by Crippen LogP contribution is 2.63. The van der Waals surface area contributed by atoms with Crippen molar-refractivity contribution in [1.82, 2.24) is 5.32 Å². The quantitative estimate of drug-likeness (QED) is 0.203. The van der Waals surface area contributed by atoms with Crippen molar-refractivity contribution in [2.75, 3.05) is 13.2 Å². The highest BCUT2D eigenvalue weighted by molar-refractivity contribution is 6.08. The Bertz CT molecular complexity index is 1240. The lowest BCUT2D eigenvalue weighted by molar-refractivity contribution is -0.149. The molecule has 0 heterocycles. The molecule has 2 N–H and O–H groups in total. The van der Waals surface area contributed by atoms with E-state index in [-0.39, 0.29) is 34.6 Å². The summed E-state index contributed by atoms with van der Waals surface area (Å²) < 4.78 is 5.56. The standard InChI is InChI=1S/C36H47NO4/c1-24-10-15-32-31(22-37-21-26-11-13-28(14-12-26)34(40)27-8-6-5-7-9-27)33(17-19-35(24,32)3)36(4)18-16-30(39)20-29(36)23-41-25(2)38/h5-9,11-14,29-33,37,39H,1,10,15-23H2,2-4H3/t29-,30+,31+,32+,33+,35-,36+/m1/s1. The highest BCUT2D eigenvalue weighted by Gasteiger charge is 2.56. The number of aliphatic hydroxyl groups is 1. The third kappa shape index (κ3) is 6.08. The molecule has 5 nitrogen and oxygen atoms in total. The molecule has 7 atom stereocenters. The molecular weight excluding hydrogens is 510 g/mol. The Balaban J connectivity index is 1.31. The van der Waals surface area contributed by atoms with Crippen LogP contribution in [0.1, 0.15) is 87.2 Å². The molecule has 0 aromatic heterocycles. The van der Waals surface area contributed by atoms with E-state index in [1.165, 1.54) is 24.5 Å². The maximum Gasteiger partial charge on any atom is 0.302 e. The average molecular weight is 558 g/mol. The van der Waals surface area contributed by atoms with Crippen LogP contribution in [0.5, 0.6) is 0 Å². The number of aliphatic hydroxyl groups excluding tert-OH is 1. The number of ether oxygens (including phenoxy) is 1. The van der Waals surface area contributed by atoms with Gasteiger partial charge in [0.05, 0.1) is 12.7 Å². The largest absolute Gasteiger partial charge is 0.466 e. The van der Waals surface area contributed by atoms with Gasteiger partial charge < -0.3 is 15.2 Å². The lowest BCUT2D eigenvalue weighted by Gasteiger charge is -2.56. The first kappa shape index (κ1) is 29.7. The second-order valence-electron chi connectivity index (χ2n) is 13.4. The van der Waals surface area contributed by atoms with E-state index in [0.29, 0.717) is 41.9 Å². The molecule has 2 aromatic carbocycles. The number of fused-ring (bicyclic) bond motifs is 1. The summed E-state index contributed by atoms with van der Waals surface area (Å²) in [6, 6.07) is 17.4. The molecule has 3 saturated carbocycles. The van der Waals surface area contributed by atoms with Gasteiger partial charge in [-0.15, -0.1) is 0 Å². The Morgan fingerprint density at radius 2 is 1.68 bits per heavy atom. The summed E-state index contributed by atoms with van der Waals surface area (Å²) in [4.78, 5) is 24.6. The first-order valence-electron chi connectivity index (χ1n) is 15.5. The Morgan fingerprint density at radius 3 is 2.39 bits per heavy atom. The van der Waals surface area contributed by atoms with Gasteiger partial charge in [0.25, 0.3) is 0 Å². The van der Waals surface area contributed by atoms with Crippen LogP contribution in [0.3, 0.4) is 0 Å². The zero-order chi connectivity index (χ0) is 29.2. The zero-order valence-corrected chi connectivity index (χ0v) is 25.0. The van der Waals surface area contributed by atoms with Crippen LogP contribution in [-0.4, -0.2) is 36.1 Å². The fraction of sp³-hybridized carbons (Fsp3) is 0.556. The molecule has 0 aliphatic heterocycles. The molecule has 0 bridgehead atoms. The van der Waals surface area contributed by atoms with Gasteiger partial charge in [0.1, 0.15) is 0 Å². The van der Waals surface area contributed by atoms with E-state index >= 15 is 0 Å². The number of benzene rings is 2. The first-order valence-corrected chi connectivity index (χ1v) is 15.5. The van der Waals surface area contributed by atoms with Crippen molar-refractivity contribution >= 4 is 11.8 Å². The zero-order valence-electron chi connectivity index (χ0n) is 25.0. The number of ketones is 1. The number of hydrogen-bond donors (Lipinski definition) is 2. The smallest absolute Gasteiger partial charge is 0.302 e. The van der Waals surface area contributed by atoms with Crippen molar-refractivity contribution in [3.63, 3.8) is 0 Å². The third-order valence-corrected chi connectivity index (χ3v) is 11.2. The van der Waals surface area contributed by atoms with Gasteiger partial charge in [-0.3, -0.25) is 9.59 Å². The lowest BCUT2D eigenvalue weighted by atomic mass is 9.49. The molecular formula is C36H47NO4. The molecule has 2 aromatic rings. The number of esters is 1. The molecule has 0 spiro atoms. The van der Waals surface area contributed by atoms with Crippen LogP contribution in [-0.2, 0) is 16.1 Å². The van der Waals surface area contributed by atoms with E-state index in [0.717, 1.165) is 45.2 Å². The Hall–Kier alpha value is -2.76. The van der Waals surface area contributed by atoms with E-state index in [4.69, 9.17) is 4.74 Å². The van der Waals surface area contributed by atoms with Crippen molar-refractivity contribution in [3.05, 3.63) is 83.4 Å². The normalized spacial score (nSPS) is 33.3. The number of carbonyl (C=O) groups is 2. The average Bonchev–Trinajstić information content (AvgIpc) is 3.28. The fourth-order valence-corrected chi connectivity index (χ4v) is 8.57. The number of carbonyl (C=O) groups excluding carboxylic acids is 2. The van der Waals surface area contributed by atoms with Crippen LogP contribution in [0.15, 0.2) is 66.7 Å². The number of rotatable bonds is 9. The monoisotopic (exact) mass is 557 g/mol. The molecule has 0 saturated heterocycles. The Kier molecular flexibility index (Phi) is 8.87. The minimum absolute atomic E-state index is 0.00568. The van der Waals surface area contributed by atoms with Crippen LogP contribution in [0.4, 0.5) is 0 Å². The van der Waals surface area contributed by atoms with Crippen LogP contribution < -0.4 is 5.32 Å². The topological polar surface area (TPSA) is 75.6 Å². The summed E-state index contributed by atoms with van der Waals surface area (Å²) in [5.41, 5.74) is 4.17. The summed E-state index contributed by atoms with van der Waals surface area (Å²) in [6.07, 6.45) is 6.73. The number of nitrogens with one attached hydrogen (secondary N) is 1. The fourth-order valence-electron chi connectivity index (χ4n) is 8.57. The summed E-state index contributed by atoms with van der Waals surface area (Å²) in [5, 5.41) is 14.4. The van der Waals surface area contributed by atoms with E-state index in [2.05, 4.69) is 37.9 Å². The van der Waals surface area contributed by atoms with Gasteiger partial charge in [0.2, 0.25) is 0 Å². The predicted molar refractivity (Wildman–Crippen MR) is 162 cm³/mol. The highest BCUT2D eigenvalue weighted by atomic mass is 16.5. The van der Waals surface area contributed by atoms with Crippen LogP contribution in [0.2, 0.25) is 0 Å². The summed E-state index contributed by atoms with van der Waals surface area (Å²) in [5.74, 6) is 1.50. The Morgan fingerprint density at radius 1 is 0.976 bits per heavy atom. The van der Waals surface area contributed by atoms with E-state index in [1.807, 2.05) is 42.5 Å². The molecule has 3 fully saturated rings. The second-order valence-corrected chi connectivity index (χ2v) is 13.4. The molecule has 5 rings (SSSR count). The second kappa shape index (κ2) is 12.2. The number of hydrogen-bond acceptors (Lipinski definition) is 5. The minimum atomic E-state index is -0.322. The van der Waals surface area contributed by atoms with E-state index < -0.39 is 0 Å². The summed E-state index contributed by atoms with van der Waals surface area (Å²) >= 11 is 0. The molecule has 5 heteroatoms. The van der Waals surface area contributed by atoms with Crippen molar-refractivity contribution in [2.45, 2.75) is 78.4 Å². The van der Waals surface area contributed by atoms with E-state index in [9.17, 15) is 14.7 Å². The number of allylic oxidation sites excluding steroid dienone is 1. The van der Waals surface area contributed by atoms with E-state index in [1.54, 1.807) is 0 Å². The van der Waals surface area contributed by atoms with Gasteiger partial charge in [0.15, 0.2) is 5.78 Å². The lowest BCUT2D eigenvalue weighted by Crippen LogP contribution is -2.53. The van der Waals surface area contributed by atoms with Crippen LogP contribution in [0, 0.1) is 34.5 Å². The third-order valence-electron chi connectivity index (χ3n) is 11.2. The molecule has 0 amide bonds. The van der Waals surface area contributed by atoms with Crippen LogP contribution >= 0.6 is 0 Å². The van der Waals surface area contributed by atoms with Gasteiger partial charge in [-0.25, -0.2) is 0 Å². The first-order chi connectivity index (χ1) is 19.6. The van der Waals surface area contributed by atoms with Crippen molar-refractivity contribution in [2.24, 2.45) is 34.5 Å². The molecule has 3 aliphatic rings. The molecule has 0 radical (unpaired) electrons. The molecule has 3 aliphatic carbocycles. The maximum atomic E-state index is 12.8. The SMILES string of the molecule is C=C1CC[C@H]2[C@H](CNCc3ccc(C(=O)c4ccccc4)cc3)[C@@H]([C@@]3(C)CC[C@H](O)C[C@@H]3COC(C)=O)CC[C@]12C. The van der Waals surface area contributed by atoms with Crippen molar-refractivity contribution in [3.8, 4) is 0 Å². The predicted octanol–water partition coefficient (Wildman–Crippen LogP) is 6.74. The van der Waals surface area contributed by atoms with Crippen molar-refractivity contribution in [1.29, 1.82) is 0 Å². The van der Waals surface area contributed by atoms with Crippen LogP contribution in [0.25, 0.3) is 0 Å². The molecule has 41 heavy (non-hydrogen) atoms. The van der Waals surface area contributed by atoms with Crippen molar-refractivity contribution < 1.29 is 19.4 Å². The minimum Gasteiger partial charge on any atom is -0.466 e. The van der Waals surface area contributed by atoms with Gasteiger partial charge in [0, 0.05) is 30.5 Å². The van der Waals surface area contributed by atoms with Gasteiger partial charge >= 0.3 is 5.97 Å². The molecule has 0 unspecified atom stereocenters. The Labute approximate surface area is 245 Å². The molecule has 220 valence electrons. The maximum absolute atomic E-state index is 12.8. The van der Waals surface area contributed by atoms with Gasteiger partial charge in [-0.1, -0.05) is 80.6 Å². The van der Waals surface area contributed by atoms with Gasteiger partial charge in [-0.2, -0.15) is 0 Å². The van der Waals surface area contributed by atoms with Gasteiger partial charge in [-0.05, 0) is 85.6 Å². The summed E-state index contributed by atoms with van der Waals surface area (Å²) in [6.45, 7) is 12.9.